The highest BCUT2D eigenvalue weighted by atomic mass is 15.1. The molecular formula is C24H38N2. The number of aromatic nitrogens is 2. The maximum Gasteiger partial charge on any atom is 0.0948 e. The van der Waals surface area contributed by atoms with Gasteiger partial charge in [-0.1, -0.05) is 95.5 Å². The van der Waals surface area contributed by atoms with Crippen LogP contribution in [0.1, 0.15) is 89.7 Å². The number of rotatable bonds is 14. The maximum absolute atomic E-state index is 4.33. The van der Waals surface area contributed by atoms with Crippen LogP contribution in [0.4, 0.5) is 0 Å². The Labute approximate surface area is 161 Å². The summed E-state index contributed by atoms with van der Waals surface area (Å²) in [4.78, 5) is 4.33. The average molecular weight is 355 g/mol. The summed E-state index contributed by atoms with van der Waals surface area (Å²) in [5.41, 5.74) is 1.48. The van der Waals surface area contributed by atoms with Gasteiger partial charge in [0.15, 0.2) is 0 Å². The van der Waals surface area contributed by atoms with E-state index in [4.69, 9.17) is 0 Å². The van der Waals surface area contributed by atoms with Crippen LogP contribution in [0.25, 0.3) is 0 Å². The zero-order valence-corrected chi connectivity index (χ0v) is 16.9. The molecule has 2 rings (SSSR count). The number of hydrogen-bond donors (Lipinski definition) is 0. The Bertz CT molecular complexity index is 547. The van der Waals surface area contributed by atoms with Crippen LogP contribution >= 0.6 is 0 Å². The van der Waals surface area contributed by atoms with Crippen molar-refractivity contribution in [3.63, 3.8) is 0 Å². The second-order valence-electron chi connectivity index (χ2n) is 7.73. The summed E-state index contributed by atoms with van der Waals surface area (Å²) in [6.45, 7) is 4.59. The van der Waals surface area contributed by atoms with Crippen molar-refractivity contribution in [3.8, 4) is 0 Å². The fourth-order valence-corrected chi connectivity index (χ4v) is 4.04. The molecule has 2 nitrogen and oxygen atoms in total. The van der Waals surface area contributed by atoms with Crippen LogP contribution in [0.5, 0.6) is 0 Å². The van der Waals surface area contributed by atoms with E-state index in [2.05, 4.69) is 59.9 Å². The van der Waals surface area contributed by atoms with Gasteiger partial charge in [0, 0.05) is 18.4 Å². The first kappa shape index (κ1) is 20.7. The third kappa shape index (κ3) is 7.35. The molecule has 0 amide bonds. The summed E-state index contributed by atoms with van der Waals surface area (Å²) in [6, 6.07) is 11.6. The molecule has 2 aromatic rings. The number of nitrogens with zero attached hydrogens (tertiary/aromatic N) is 2. The van der Waals surface area contributed by atoms with Gasteiger partial charge >= 0.3 is 0 Å². The van der Waals surface area contributed by atoms with E-state index in [1.54, 1.807) is 0 Å². The fourth-order valence-electron chi connectivity index (χ4n) is 4.04. The summed E-state index contributed by atoms with van der Waals surface area (Å²) in [7, 11) is 0. The maximum atomic E-state index is 4.33. The molecule has 0 saturated carbocycles. The topological polar surface area (TPSA) is 17.8 Å². The van der Waals surface area contributed by atoms with Crippen molar-refractivity contribution >= 4 is 0 Å². The van der Waals surface area contributed by atoms with Crippen molar-refractivity contribution < 1.29 is 0 Å². The molecule has 0 aliphatic carbocycles. The van der Waals surface area contributed by atoms with E-state index in [1.807, 2.05) is 12.5 Å². The quantitative estimate of drug-likeness (QED) is 0.327. The molecule has 0 aliphatic rings. The van der Waals surface area contributed by atoms with Crippen molar-refractivity contribution in [1.82, 2.24) is 9.55 Å². The Morgan fingerprint density at radius 3 is 2.27 bits per heavy atom. The molecule has 144 valence electrons. The van der Waals surface area contributed by atoms with Gasteiger partial charge in [0.05, 0.1) is 6.33 Å². The molecule has 0 radical (unpaired) electrons. The molecule has 0 aliphatic heterocycles. The van der Waals surface area contributed by atoms with Crippen molar-refractivity contribution in [2.24, 2.45) is 5.92 Å². The lowest BCUT2D eigenvalue weighted by Gasteiger charge is -2.29. The summed E-state index contributed by atoms with van der Waals surface area (Å²) in [5, 5.41) is 0. The van der Waals surface area contributed by atoms with Crippen LogP contribution < -0.4 is 0 Å². The van der Waals surface area contributed by atoms with Gasteiger partial charge < -0.3 is 4.57 Å². The van der Waals surface area contributed by atoms with E-state index in [9.17, 15) is 0 Å². The molecule has 0 N–H and O–H groups in total. The molecule has 0 fully saturated rings. The molecule has 0 saturated heterocycles. The Hall–Kier alpha value is -1.57. The molecule has 2 heteroatoms. The van der Waals surface area contributed by atoms with Crippen LogP contribution in [0.15, 0.2) is 49.1 Å². The summed E-state index contributed by atoms with van der Waals surface area (Å²) in [6.07, 6.45) is 20.7. The highest BCUT2D eigenvalue weighted by Gasteiger charge is 2.22. The predicted molar refractivity (Wildman–Crippen MR) is 112 cm³/mol. The lowest BCUT2D eigenvalue weighted by Crippen LogP contribution is -2.21. The third-order valence-corrected chi connectivity index (χ3v) is 5.57. The first-order valence-corrected chi connectivity index (χ1v) is 10.9. The minimum Gasteiger partial charge on any atom is -0.334 e. The molecule has 1 aromatic heterocycles. The van der Waals surface area contributed by atoms with Crippen molar-refractivity contribution in [2.75, 3.05) is 0 Å². The zero-order valence-electron chi connectivity index (χ0n) is 16.9. The lowest BCUT2D eigenvalue weighted by atomic mass is 9.84. The van der Waals surface area contributed by atoms with E-state index in [0.29, 0.717) is 12.0 Å². The molecule has 1 aromatic carbocycles. The summed E-state index contributed by atoms with van der Waals surface area (Å²) < 4.78 is 2.38. The van der Waals surface area contributed by atoms with Gasteiger partial charge in [-0.05, 0) is 30.7 Å². The first-order valence-electron chi connectivity index (χ1n) is 10.9. The van der Waals surface area contributed by atoms with Crippen molar-refractivity contribution in [2.45, 2.75) is 90.5 Å². The Balaban J connectivity index is 2.01. The minimum atomic E-state index is 0.577. The second-order valence-corrected chi connectivity index (χ2v) is 7.73. The van der Waals surface area contributed by atoms with E-state index in [-0.39, 0.29) is 0 Å². The van der Waals surface area contributed by atoms with Gasteiger partial charge in [-0.15, -0.1) is 0 Å². The SMILES string of the molecule is CCCCCCCCC(Cc1ccccc1)C(CCCC)n1ccnc1. The van der Waals surface area contributed by atoms with Crippen LogP contribution in [0.2, 0.25) is 0 Å². The smallest absolute Gasteiger partial charge is 0.0948 e. The normalized spacial score (nSPS) is 13.6. The van der Waals surface area contributed by atoms with E-state index >= 15 is 0 Å². The molecular weight excluding hydrogens is 316 g/mol. The Morgan fingerprint density at radius 2 is 1.58 bits per heavy atom. The molecule has 2 unspecified atom stereocenters. The minimum absolute atomic E-state index is 0.577. The molecule has 0 spiro atoms. The Morgan fingerprint density at radius 1 is 0.846 bits per heavy atom. The highest BCUT2D eigenvalue weighted by molar-refractivity contribution is 5.15. The first-order chi connectivity index (χ1) is 12.8. The Kier molecular flexibility index (Phi) is 10.2. The molecule has 26 heavy (non-hydrogen) atoms. The number of benzene rings is 1. The second kappa shape index (κ2) is 12.7. The molecule has 2 atom stereocenters. The average Bonchev–Trinajstić information content (AvgIpc) is 3.20. The summed E-state index contributed by atoms with van der Waals surface area (Å²) >= 11 is 0. The largest absolute Gasteiger partial charge is 0.334 e. The van der Waals surface area contributed by atoms with Crippen LogP contribution in [-0.4, -0.2) is 9.55 Å². The third-order valence-electron chi connectivity index (χ3n) is 5.57. The zero-order chi connectivity index (χ0) is 18.5. The molecule has 1 heterocycles. The van der Waals surface area contributed by atoms with Gasteiger partial charge in [-0.25, -0.2) is 4.98 Å². The highest BCUT2D eigenvalue weighted by Crippen LogP contribution is 2.31. The number of unbranched alkanes of at least 4 members (excludes halogenated alkanes) is 6. The van der Waals surface area contributed by atoms with Gasteiger partial charge in [0.1, 0.15) is 0 Å². The van der Waals surface area contributed by atoms with Gasteiger partial charge in [-0.2, -0.15) is 0 Å². The van der Waals surface area contributed by atoms with Crippen LogP contribution in [0.3, 0.4) is 0 Å². The van der Waals surface area contributed by atoms with E-state index in [0.717, 1.165) is 0 Å². The number of hydrogen-bond acceptors (Lipinski definition) is 1. The van der Waals surface area contributed by atoms with Crippen LogP contribution in [0, 0.1) is 5.92 Å². The standard InChI is InChI=1S/C24H38N2/c1-3-5-7-8-9-13-16-23(20-22-14-11-10-12-15-22)24(17-6-4-2)26-19-18-25-21-26/h10-12,14-15,18-19,21,23-24H,3-9,13,16-17,20H2,1-2H3. The van der Waals surface area contributed by atoms with Crippen LogP contribution in [-0.2, 0) is 6.42 Å². The van der Waals surface area contributed by atoms with Crippen molar-refractivity contribution in [1.29, 1.82) is 0 Å². The monoisotopic (exact) mass is 354 g/mol. The van der Waals surface area contributed by atoms with Gasteiger partial charge in [0.2, 0.25) is 0 Å². The number of imidazole rings is 1. The van der Waals surface area contributed by atoms with Crippen molar-refractivity contribution in [3.05, 3.63) is 54.6 Å². The lowest BCUT2D eigenvalue weighted by molar-refractivity contribution is 0.277. The van der Waals surface area contributed by atoms with E-state index in [1.165, 1.54) is 76.2 Å². The predicted octanol–water partition coefficient (Wildman–Crippen LogP) is 7.22. The van der Waals surface area contributed by atoms with Gasteiger partial charge in [-0.3, -0.25) is 0 Å². The molecule has 0 bridgehead atoms. The van der Waals surface area contributed by atoms with E-state index < -0.39 is 0 Å². The summed E-state index contributed by atoms with van der Waals surface area (Å²) in [5.74, 6) is 0.698. The fraction of sp³-hybridized carbons (Fsp3) is 0.625. The van der Waals surface area contributed by atoms with Gasteiger partial charge in [0.25, 0.3) is 0 Å².